The minimum Gasteiger partial charge on any atom is -0.369 e. The molecule has 0 aromatic heterocycles. The first kappa shape index (κ1) is 18.8. The number of nitrogens with zero attached hydrogens (tertiary/aromatic N) is 2. The molecule has 1 saturated heterocycles. The first-order valence-electron chi connectivity index (χ1n) is 8.18. The van der Waals surface area contributed by atoms with E-state index in [0.717, 1.165) is 25.2 Å². The Morgan fingerprint density at radius 3 is 2.67 bits per heavy atom. The van der Waals surface area contributed by atoms with Gasteiger partial charge in [0.05, 0.1) is 18.3 Å². The number of hydrogen-bond donors (Lipinski definition) is 0. The van der Waals surface area contributed by atoms with Gasteiger partial charge in [-0.25, -0.2) is 4.39 Å². The van der Waals surface area contributed by atoms with Crippen molar-refractivity contribution in [3.05, 3.63) is 35.6 Å². The first-order valence-corrected chi connectivity index (χ1v) is 8.18. The van der Waals surface area contributed by atoms with Crippen LogP contribution in [0.3, 0.4) is 0 Å². The SMILES string of the molecule is CN(C)C(=O)COC[C@@H]1CN(Cc2ccc(F)cc2)CC(C)(C)O1. The lowest BCUT2D eigenvalue weighted by atomic mass is 10.0. The Morgan fingerprint density at radius 2 is 2.04 bits per heavy atom. The summed E-state index contributed by atoms with van der Waals surface area (Å²) in [5.41, 5.74) is 0.772. The average Bonchev–Trinajstić information content (AvgIpc) is 2.48. The summed E-state index contributed by atoms with van der Waals surface area (Å²) in [7, 11) is 3.41. The molecule has 2 rings (SSSR count). The van der Waals surface area contributed by atoms with E-state index in [2.05, 4.69) is 4.90 Å². The smallest absolute Gasteiger partial charge is 0.248 e. The van der Waals surface area contributed by atoms with Gasteiger partial charge in [0.1, 0.15) is 12.4 Å². The number of carbonyl (C=O) groups excluding carboxylic acids is 1. The third kappa shape index (κ3) is 5.85. The zero-order chi connectivity index (χ0) is 17.7. The second-order valence-corrected chi connectivity index (χ2v) is 7.10. The summed E-state index contributed by atoms with van der Waals surface area (Å²) in [6.45, 7) is 6.77. The normalized spacial score (nSPS) is 20.8. The molecule has 0 radical (unpaired) electrons. The van der Waals surface area contributed by atoms with Crippen LogP contribution >= 0.6 is 0 Å². The van der Waals surface area contributed by atoms with Crippen molar-refractivity contribution in [1.82, 2.24) is 9.80 Å². The highest BCUT2D eigenvalue weighted by Crippen LogP contribution is 2.23. The van der Waals surface area contributed by atoms with Gasteiger partial charge in [-0.3, -0.25) is 9.69 Å². The molecule has 0 N–H and O–H groups in total. The van der Waals surface area contributed by atoms with Crippen molar-refractivity contribution in [1.29, 1.82) is 0 Å². The zero-order valence-electron chi connectivity index (χ0n) is 14.9. The maximum Gasteiger partial charge on any atom is 0.248 e. The Morgan fingerprint density at radius 1 is 1.38 bits per heavy atom. The fourth-order valence-corrected chi connectivity index (χ4v) is 2.88. The van der Waals surface area contributed by atoms with Gasteiger partial charge in [-0.2, -0.15) is 0 Å². The Bertz CT molecular complexity index is 546. The van der Waals surface area contributed by atoms with Gasteiger partial charge in [-0.1, -0.05) is 12.1 Å². The number of morpholine rings is 1. The molecule has 134 valence electrons. The molecule has 6 heteroatoms. The van der Waals surface area contributed by atoms with Crippen molar-refractivity contribution in [2.45, 2.75) is 32.1 Å². The highest BCUT2D eigenvalue weighted by Gasteiger charge is 2.33. The van der Waals surface area contributed by atoms with E-state index in [4.69, 9.17) is 9.47 Å². The Balaban J connectivity index is 1.89. The maximum atomic E-state index is 13.0. The summed E-state index contributed by atoms with van der Waals surface area (Å²) in [5.74, 6) is -0.286. The van der Waals surface area contributed by atoms with E-state index >= 15 is 0 Å². The van der Waals surface area contributed by atoms with E-state index in [1.54, 1.807) is 26.2 Å². The fourth-order valence-electron chi connectivity index (χ4n) is 2.88. The minimum atomic E-state index is -0.294. The predicted molar refractivity (Wildman–Crippen MR) is 90.1 cm³/mol. The Kier molecular flexibility index (Phi) is 6.32. The van der Waals surface area contributed by atoms with Crippen molar-refractivity contribution in [3.63, 3.8) is 0 Å². The van der Waals surface area contributed by atoms with Crippen molar-refractivity contribution in [2.24, 2.45) is 0 Å². The quantitative estimate of drug-likeness (QED) is 0.795. The van der Waals surface area contributed by atoms with Gasteiger partial charge in [0, 0.05) is 33.7 Å². The van der Waals surface area contributed by atoms with Gasteiger partial charge in [0.15, 0.2) is 0 Å². The lowest BCUT2D eigenvalue weighted by Gasteiger charge is -2.42. The topological polar surface area (TPSA) is 42.0 Å². The summed E-state index contributed by atoms with van der Waals surface area (Å²) in [6, 6.07) is 6.57. The van der Waals surface area contributed by atoms with E-state index < -0.39 is 0 Å². The molecule has 1 aliphatic rings. The van der Waals surface area contributed by atoms with E-state index in [9.17, 15) is 9.18 Å². The third-order valence-corrected chi connectivity index (χ3v) is 3.90. The number of rotatable bonds is 6. The van der Waals surface area contributed by atoms with E-state index in [0.29, 0.717) is 6.61 Å². The van der Waals surface area contributed by atoms with Crippen molar-refractivity contribution in [2.75, 3.05) is 40.4 Å². The summed E-state index contributed by atoms with van der Waals surface area (Å²) in [4.78, 5) is 15.3. The molecule has 0 spiro atoms. The molecule has 0 aliphatic carbocycles. The number of amides is 1. The van der Waals surface area contributed by atoms with Gasteiger partial charge in [0.2, 0.25) is 5.91 Å². The van der Waals surface area contributed by atoms with Gasteiger partial charge in [0.25, 0.3) is 0 Å². The van der Waals surface area contributed by atoms with Crippen LogP contribution in [0.25, 0.3) is 0 Å². The summed E-state index contributed by atoms with van der Waals surface area (Å²) < 4.78 is 24.6. The highest BCUT2D eigenvalue weighted by atomic mass is 19.1. The highest BCUT2D eigenvalue weighted by molar-refractivity contribution is 5.76. The molecule has 1 aliphatic heterocycles. The molecule has 0 unspecified atom stereocenters. The summed E-state index contributed by atoms with van der Waals surface area (Å²) in [6.07, 6.45) is -0.0934. The molecule has 1 atom stereocenters. The molecule has 24 heavy (non-hydrogen) atoms. The van der Waals surface area contributed by atoms with Crippen LogP contribution in [0, 0.1) is 5.82 Å². The number of likely N-dealkylation sites (N-methyl/N-ethyl adjacent to an activating group) is 1. The summed E-state index contributed by atoms with van der Waals surface area (Å²) >= 11 is 0. The van der Waals surface area contributed by atoms with Crippen LogP contribution in [-0.4, -0.2) is 67.8 Å². The molecule has 1 aromatic carbocycles. The number of halogens is 1. The van der Waals surface area contributed by atoms with Gasteiger partial charge in [-0.05, 0) is 31.5 Å². The van der Waals surface area contributed by atoms with Crippen LogP contribution in [-0.2, 0) is 20.8 Å². The molecule has 1 aromatic rings. The van der Waals surface area contributed by atoms with Crippen LogP contribution in [0.5, 0.6) is 0 Å². The Labute approximate surface area is 143 Å². The molecular formula is C18H27FN2O3. The minimum absolute atomic E-state index is 0.0608. The standard InChI is InChI=1S/C18H27FN2O3/c1-18(2)13-21(9-14-5-7-15(19)8-6-14)10-16(24-18)11-23-12-17(22)20(3)4/h5-8,16H,9-13H2,1-4H3/t16-/m0/s1. The molecule has 0 bridgehead atoms. The lowest BCUT2D eigenvalue weighted by molar-refractivity contribution is -0.161. The predicted octanol–water partition coefficient (Wildman–Crippen LogP) is 1.91. The number of hydrogen-bond acceptors (Lipinski definition) is 4. The molecule has 0 saturated carbocycles. The van der Waals surface area contributed by atoms with Gasteiger partial charge < -0.3 is 14.4 Å². The van der Waals surface area contributed by atoms with Crippen LogP contribution < -0.4 is 0 Å². The molecule has 1 amide bonds. The van der Waals surface area contributed by atoms with Crippen LogP contribution in [0.2, 0.25) is 0 Å². The van der Waals surface area contributed by atoms with E-state index in [1.165, 1.54) is 17.0 Å². The van der Waals surface area contributed by atoms with Crippen molar-refractivity contribution in [3.8, 4) is 0 Å². The number of carbonyl (C=O) groups is 1. The van der Waals surface area contributed by atoms with E-state index in [1.807, 2.05) is 13.8 Å². The van der Waals surface area contributed by atoms with Gasteiger partial charge >= 0.3 is 0 Å². The third-order valence-electron chi connectivity index (χ3n) is 3.90. The molecular weight excluding hydrogens is 311 g/mol. The molecule has 1 heterocycles. The second kappa shape index (κ2) is 8.05. The Hall–Kier alpha value is -1.50. The van der Waals surface area contributed by atoms with Crippen molar-refractivity contribution >= 4 is 5.91 Å². The first-order chi connectivity index (χ1) is 11.2. The number of ether oxygens (including phenoxy) is 2. The second-order valence-electron chi connectivity index (χ2n) is 7.10. The van der Waals surface area contributed by atoms with Crippen LogP contribution in [0.1, 0.15) is 19.4 Å². The maximum absolute atomic E-state index is 13.0. The molecule has 1 fully saturated rings. The average molecular weight is 338 g/mol. The van der Waals surface area contributed by atoms with Crippen LogP contribution in [0.15, 0.2) is 24.3 Å². The van der Waals surface area contributed by atoms with E-state index in [-0.39, 0.29) is 30.0 Å². The number of benzene rings is 1. The monoisotopic (exact) mass is 338 g/mol. The fraction of sp³-hybridized carbons (Fsp3) is 0.611. The lowest BCUT2D eigenvalue weighted by Crippen LogP contribution is -2.53. The van der Waals surface area contributed by atoms with Crippen LogP contribution in [0.4, 0.5) is 4.39 Å². The summed E-state index contributed by atoms with van der Waals surface area (Å²) in [5, 5.41) is 0. The largest absolute Gasteiger partial charge is 0.369 e. The van der Waals surface area contributed by atoms with Crippen molar-refractivity contribution < 1.29 is 18.7 Å². The van der Waals surface area contributed by atoms with Gasteiger partial charge in [-0.15, -0.1) is 0 Å². The zero-order valence-corrected chi connectivity index (χ0v) is 14.9. The molecule has 5 nitrogen and oxygen atoms in total.